The summed E-state index contributed by atoms with van der Waals surface area (Å²) in [4.78, 5) is 6.98. The van der Waals surface area contributed by atoms with Crippen molar-refractivity contribution in [2.24, 2.45) is 0 Å². The third-order valence-corrected chi connectivity index (χ3v) is 3.49. The van der Waals surface area contributed by atoms with Gasteiger partial charge in [-0.3, -0.25) is 4.98 Å². The molecule has 0 bridgehead atoms. The van der Waals surface area contributed by atoms with Gasteiger partial charge >= 0.3 is 0 Å². The zero-order chi connectivity index (χ0) is 15.1. The van der Waals surface area contributed by atoms with E-state index in [2.05, 4.69) is 48.5 Å². The van der Waals surface area contributed by atoms with E-state index < -0.39 is 0 Å². The van der Waals surface area contributed by atoms with Gasteiger partial charge in [-0.25, -0.2) is 0 Å². The first kappa shape index (κ1) is 15.7. The fraction of sp³-hybridized carbons (Fsp3) is 0.471. The minimum absolute atomic E-state index is 0.742. The van der Waals surface area contributed by atoms with Gasteiger partial charge in [-0.2, -0.15) is 0 Å². The fourth-order valence-corrected chi connectivity index (χ4v) is 2.34. The van der Waals surface area contributed by atoms with E-state index in [9.17, 15) is 0 Å². The van der Waals surface area contributed by atoms with Gasteiger partial charge < -0.3 is 15.0 Å². The number of aromatic nitrogens is 1. The van der Waals surface area contributed by atoms with Crippen LogP contribution in [0.4, 0.5) is 5.69 Å². The van der Waals surface area contributed by atoms with Gasteiger partial charge in [-0.05, 0) is 25.6 Å². The molecule has 114 valence electrons. The molecule has 0 radical (unpaired) electrons. The lowest BCUT2D eigenvalue weighted by atomic mass is 10.1. The summed E-state index contributed by atoms with van der Waals surface area (Å²) < 4.78 is 5.46. The minimum Gasteiger partial charge on any atom is -0.380 e. The van der Waals surface area contributed by atoms with Crippen molar-refractivity contribution in [3.05, 3.63) is 36.0 Å². The molecule has 21 heavy (non-hydrogen) atoms. The monoisotopic (exact) mass is 287 g/mol. The summed E-state index contributed by atoms with van der Waals surface area (Å²) in [5.41, 5.74) is 3.34. The van der Waals surface area contributed by atoms with Crippen LogP contribution in [0, 0.1) is 0 Å². The van der Waals surface area contributed by atoms with E-state index in [4.69, 9.17) is 9.72 Å². The number of benzene rings is 1. The number of hydrogen-bond donors (Lipinski definition) is 1. The summed E-state index contributed by atoms with van der Waals surface area (Å²) in [7, 11) is 2.11. The van der Waals surface area contributed by atoms with Crippen molar-refractivity contribution in [3.63, 3.8) is 0 Å². The molecule has 0 aliphatic heterocycles. The molecule has 0 spiro atoms. The largest absolute Gasteiger partial charge is 0.380 e. The smallest absolute Gasteiger partial charge is 0.0726 e. The molecule has 0 aliphatic carbocycles. The summed E-state index contributed by atoms with van der Waals surface area (Å²) in [6.45, 7) is 8.26. The highest BCUT2D eigenvalue weighted by molar-refractivity contribution is 5.91. The van der Waals surface area contributed by atoms with Crippen molar-refractivity contribution in [1.82, 2.24) is 10.3 Å². The van der Waals surface area contributed by atoms with E-state index in [0.29, 0.717) is 0 Å². The predicted octanol–water partition coefficient (Wildman–Crippen LogP) is 2.82. The van der Waals surface area contributed by atoms with Crippen molar-refractivity contribution in [1.29, 1.82) is 0 Å². The van der Waals surface area contributed by atoms with Crippen LogP contribution in [-0.4, -0.2) is 38.3 Å². The quantitative estimate of drug-likeness (QED) is 0.758. The average Bonchev–Trinajstić information content (AvgIpc) is 2.52. The zero-order valence-electron chi connectivity index (χ0n) is 13.2. The number of para-hydroxylation sites is 1. The summed E-state index contributed by atoms with van der Waals surface area (Å²) >= 11 is 0. The lowest BCUT2D eigenvalue weighted by Crippen LogP contribution is -2.23. The summed E-state index contributed by atoms with van der Waals surface area (Å²) in [5, 5.41) is 4.53. The van der Waals surface area contributed by atoms with Gasteiger partial charge in [0, 0.05) is 37.8 Å². The lowest BCUT2D eigenvalue weighted by molar-refractivity contribution is 0.154. The van der Waals surface area contributed by atoms with Crippen molar-refractivity contribution in [2.75, 3.05) is 38.3 Å². The number of fused-ring (bicyclic) bond motifs is 1. The Labute approximate surface area is 127 Å². The summed E-state index contributed by atoms with van der Waals surface area (Å²) in [6.07, 6.45) is 0. The van der Waals surface area contributed by atoms with Gasteiger partial charge in [-0.1, -0.05) is 25.1 Å². The summed E-state index contributed by atoms with van der Waals surface area (Å²) in [5.74, 6) is 0. The number of nitrogens with zero attached hydrogens (tertiary/aromatic N) is 2. The third kappa shape index (κ3) is 4.16. The van der Waals surface area contributed by atoms with E-state index in [1.807, 2.05) is 13.0 Å². The number of pyridine rings is 1. The van der Waals surface area contributed by atoms with Gasteiger partial charge in [0.2, 0.25) is 0 Å². The SMILES string of the molecule is CCNCc1cc(N(C)CCOCC)c2ccccc2n1. The Hall–Kier alpha value is -1.65. The highest BCUT2D eigenvalue weighted by Gasteiger charge is 2.09. The Balaban J connectivity index is 2.29. The van der Waals surface area contributed by atoms with Crippen molar-refractivity contribution in [3.8, 4) is 0 Å². The molecule has 0 fully saturated rings. The molecule has 4 heteroatoms. The van der Waals surface area contributed by atoms with E-state index in [1.54, 1.807) is 0 Å². The van der Waals surface area contributed by atoms with Crippen LogP contribution >= 0.6 is 0 Å². The number of anilines is 1. The van der Waals surface area contributed by atoms with Crippen molar-refractivity contribution < 1.29 is 4.74 Å². The Morgan fingerprint density at radius 3 is 2.81 bits per heavy atom. The van der Waals surface area contributed by atoms with Crippen LogP contribution in [0.3, 0.4) is 0 Å². The highest BCUT2D eigenvalue weighted by atomic mass is 16.5. The van der Waals surface area contributed by atoms with Gasteiger partial charge in [0.1, 0.15) is 0 Å². The van der Waals surface area contributed by atoms with Crippen LogP contribution in [0.2, 0.25) is 0 Å². The van der Waals surface area contributed by atoms with Crippen LogP contribution in [0.15, 0.2) is 30.3 Å². The van der Waals surface area contributed by atoms with Gasteiger partial charge in [0.25, 0.3) is 0 Å². The Morgan fingerprint density at radius 2 is 2.05 bits per heavy atom. The van der Waals surface area contributed by atoms with Gasteiger partial charge in [-0.15, -0.1) is 0 Å². The second kappa shape index (κ2) is 7.96. The minimum atomic E-state index is 0.742. The molecular weight excluding hydrogens is 262 g/mol. The van der Waals surface area contributed by atoms with Gasteiger partial charge in [0.05, 0.1) is 17.8 Å². The van der Waals surface area contributed by atoms with E-state index >= 15 is 0 Å². The maximum absolute atomic E-state index is 5.46. The number of ether oxygens (including phenoxy) is 1. The van der Waals surface area contributed by atoms with Crippen molar-refractivity contribution in [2.45, 2.75) is 20.4 Å². The standard InChI is InChI=1S/C17H25N3O/c1-4-18-13-14-12-17(20(3)10-11-21-5-2)15-8-6-7-9-16(15)19-14/h6-9,12,18H,4-5,10-11,13H2,1-3H3. The normalized spacial score (nSPS) is 11.0. The third-order valence-electron chi connectivity index (χ3n) is 3.49. The molecular formula is C17H25N3O. The first-order valence-corrected chi connectivity index (χ1v) is 7.64. The van der Waals surface area contributed by atoms with Gasteiger partial charge in [0.15, 0.2) is 0 Å². The van der Waals surface area contributed by atoms with E-state index in [0.717, 1.165) is 44.1 Å². The Kier molecular flexibility index (Phi) is 5.96. The Morgan fingerprint density at radius 1 is 1.24 bits per heavy atom. The molecule has 0 saturated heterocycles. The number of likely N-dealkylation sites (N-methyl/N-ethyl adjacent to an activating group) is 1. The summed E-state index contributed by atoms with van der Waals surface area (Å²) in [6, 6.07) is 10.5. The first-order chi connectivity index (χ1) is 10.3. The molecule has 0 saturated carbocycles. The molecule has 1 N–H and O–H groups in total. The second-order valence-electron chi connectivity index (χ2n) is 5.05. The molecule has 4 nitrogen and oxygen atoms in total. The average molecular weight is 287 g/mol. The fourth-order valence-electron chi connectivity index (χ4n) is 2.34. The molecule has 1 aromatic carbocycles. The molecule has 1 aromatic heterocycles. The van der Waals surface area contributed by atoms with E-state index in [-0.39, 0.29) is 0 Å². The molecule has 0 aliphatic rings. The first-order valence-electron chi connectivity index (χ1n) is 7.64. The van der Waals surface area contributed by atoms with Crippen LogP contribution < -0.4 is 10.2 Å². The lowest BCUT2D eigenvalue weighted by Gasteiger charge is -2.22. The molecule has 2 rings (SSSR count). The van der Waals surface area contributed by atoms with Crippen LogP contribution in [0.25, 0.3) is 10.9 Å². The zero-order valence-corrected chi connectivity index (χ0v) is 13.2. The molecule has 0 amide bonds. The van der Waals surface area contributed by atoms with Crippen LogP contribution in [0.1, 0.15) is 19.5 Å². The predicted molar refractivity (Wildman–Crippen MR) is 88.9 cm³/mol. The number of hydrogen-bond acceptors (Lipinski definition) is 4. The topological polar surface area (TPSA) is 37.4 Å². The number of nitrogens with one attached hydrogen (secondary N) is 1. The Bertz CT molecular complexity index is 571. The molecule has 2 aromatic rings. The maximum Gasteiger partial charge on any atom is 0.0726 e. The van der Waals surface area contributed by atoms with Crippen LogP contribution in [-0.2, 0) is 11.3 Å². The molecule has 0 unspecified atom stereocenters. The second-order valence-corrected chi connectivity index (χ2v) is 5.05. The molecule has 1 heterocycles. The molecule has 0 atom stereocenters. The van der Waals surface area contributed by atoms with Crippen LogP contribution in [0.5, 0.6) is 0 Å². The number of rotatable bonds is 8. The maximum atomic E-state index is 5.46. The van der Waals surface area contributed by atoms with E-state index in [1.165, 1.54) is 11.1 Å². The highest BCUT2D eigenvalue weighted by Crippen LogP contribution is 2.25. The van der Waals surface area contributed by atoms with Crippen molar-refractivity contribution >= 4 is 16.6 Å².